The Hall–Kier alpha value is -0.800. The SMILES string of the molecule is C=CCN(Cc1ccc(Cl)s1)C(=O)C1CC1C. The molecule has 1 heterocycles. The highest BCUT2D eigenvalue weighted by molar-refractivity contribution is 7.16. The van der Waals surface area contributed by atoms with Crippen LogP contribution in [0, 0.1) is 11.8 Å². The third-order valence-electron chi connectivity index (χ3n) is 3.06. The van der Waals surface area contributed by atoms with Crippen LogP contribution in [0.25, 0.3) is 0 Å². The normalized spacial score (nSPS) is 22.2. The summed E-state index contributed by atoms with van der Waals surface area (Å²) in [4.78, 5) is 15.2. The molecule has 1 amide bonds. The third-order valence-corrected chi connectivity index (χ3v) is 4.28. The van der Waals surface area contributed by atoms with E-state index in [1.165, 1.54) is 11.3 Å². The lowest BCUT2D eigenvalue weighted by Gasteiger charge is -2.20. The summed E-state index contributed by atoms with van der Waals surface area (Å²) < 4.78 is 0.769. The first-order valence-electron chi connectivity index (χ1n) is 5.75. The predicted molar refractivity (Wildman–Crippen MR) is 72.2 cm³/mol. The molecule has 0 bridgehead atoms. The number of halogens is 1. The molecule has 0 saturated heterocycles. The minimum absolute atomic E-state index is 0.227. The van der Waals surface area contributed by atoms with Crippen molar-refractivity contribution in [2.24, 2.45) is 11.8 Å². The summed E-state index contributed by atoms with van der Waals surface area (Å²) in [5.74, 6) is 1.02. The Bertz CT molecular complexity index is 429. The Morgan fingerprint density at radius 3 is 2.88 bits per heavy atom. The van der Waals surface area contributed by atoms with Gasteiger partial charge in [0.05, 0.1) is 10.9 Å². The molecule has 1 aliphatic rings. The van der Waals surface area contributed by atoms with E-state index < -0.39 is 0 Å². The molecule has 0 N–H and O–H groups in total. The summed E-state index contributed by atoms with van der Waals surface area (Å²) >= 11 is 7.42. The van der Waals surface area contributed by atoms with Crippen molar-refractivity contribution in [2.75, 3.05) is 6.54 Å². The Balaban J connectivity index is 2.01. The van der Waals surface area contributed by atoms with E-state index >= 15 is 0 Å². The lowest BCUT2D eigenvalue weighted by Crippen LogP contribution is -2.32. The lowest BCUT2D eigenvalue weighted by atomic mass is 10.2. The number of hydrogen-bond acceptors (Lipinski definition) is 2. The van der Waals surface area contributed by atoms with Gasteiger partial charge in [0.25, 0.3) is 0 Å². The van der Waals surface area contributed by atoms with Crippen LogP contribution in [0.1, 0.15) is 18.2 Å². The zero-order valence-corrected chi connectivity index (χ0v) is 11.4. The molecule has 1 aliphatic carbocycles. The highest BCUT2D eigenvalue weighted by Crippen LogP contribution is 2.39. The van der Waals surface area contributed by atoms with E-state index in [1.54, 1.807) is 6.08 Å². The fourth-order valence-corrected chi connectivity index (χ4v) is 3.02. The van der Waals surface area contributed by atoms with Gasteiger partial charge in [0.1, 0.15) is 0 Å². The van der Waals surface area contributed by atoms with Gasteiger partial charge in [-0.2, -0.15) is 0 Å². The minimum Gasteiger partial charge on any atom is -0.334 e. The summed E-state index contributed by atoms with van der Waals surface area (Å²) in [6.45, 7) is 7.09. The van der Waals surface area contributed by atoms with Gasteiger partial charge in [-0.1, -0.05) is 24.6 Å². The third kappa shape index (κ3) is 3.11. The molecule has 92 valence electrons. The molecule has 4 heteroatoms. The quantitative estimate of drug-likeness (QED) is 0.749. The van der Waals surface area contributed by atoms with Crippen LogP contribution in [0.2, 0.25) is 4.34 Å². The van der Waals surface area contributed by atoms with Crippen molar-refractivity contribution < 1.29 is 4.79 Å². The topological polar surface area (TPSA) is 20.3 Å². The Kier molecular flexibility index (Phi) is 3.89. The highest BCUT2D eigenvalue weighted by Gasteiger charge is 2.41. The fraction of sp³-hybridized carbons (Fsp3) is 0.462. The van der Waals surface area contributed by atoms with Gasteiger partial charge in [0.2, 0.25) is 5.91 Å². The number of nitrogens with zero attached hydrogens (tertiary/aromatic N) is 1. The van der Waals surface area contributed by atoms with E-state index in [4.69, 9.17) is 11.6 Å². The van der Waals surface area contributed by atoms with E-state index in [1.807, 2.05) is 17.0 Å². The molecule has 0 aromatic carbocycles. The monoisotopic (exact) mass is 269 g/mol. The molecular weight excluding hydrogens is 254 g/mol. The number of hydrogen-bond donors (Lipinski definition) is 0. The van der Waals surface area contributed by atoms with Gasteiger partial charge in [-0.25, -0.2) is 0 Å². The van der Waals surface area contributed by atoms with Crippen molar-refractivity contribution in [1.29, 1.82) is 0 Å². The van der Waals surface area contributed by atoms with Crippen molar-refractivity contribution in [2.45, 2.75) is 19.9 Å². The average molecular weight is 270 g/mol. The van der Waals surface area contributed by atoms with Crippen molar-refractivity contribution in [3.8, 4) is 0 Å². The van der Waals surface area contributed by atoms with E-state index in [9.17, 15) is 4.79 Å². The second-order valence-corrected chi connectivity index (χ2v) is 6.33. The molecule has 17 heavy (non-hydrogen) atoms. The molecule has 0 radical (unpaired) electrons. The average Bonchev–Trinajstić information content (AvgIpc) is 2.87. The van der Waals surface area contributed by atoms with Crippen LogP contribution in [-0.2, 0) is 11.3 Å². The van der Waals surface area contributed by atoms with Crippen molar-refractivity contribution in [3.63, 3.8) is 0 Å². The fourth-order valence-electron chi connectivity index (χ4n) is 1.91. The largest absolute Gasteiger partial charge is 0.334 e. The van der Waals surface area contributed by atoms with Crippen molar-refractivity contribution in [3.05, 3.63) is 34.0 Å². The van der Waals surface area contributed by atoms with Gasteiger partial charge in [-0.3, -0.25) is 4.79 Å². The second-order valence-electron chi connectivity index (χ2n) is 4.53. The van der Waals surface area contributed by atoms with Crippen LogP contribution < -0.4 is 0 Å². The zero-order chi connectivity index (χ0) is 12.4. The van der Waals surface area contributed by atoms with Gasteiger partial charge < -0.3 is 4.90 Å². The van der Waals surface area contributed by atoms with E-state index in [0.29, 0.717) is 19.0 Å². The maximum Gasteiger partial charge on any atom is 0.226 e. The summed E-state index contributed by atoms with van der Waals surface area (Å²) in [6.07, 6.45) is 2.80. The predicted octanol–water partition coefficient (Wildman–Crippen LogP) is 3.57. The molecule has 1 fully saturated rings. The van der Waals surface area contributed by atoms with Crippen molar-refractivity contribution >= 4 is 28.8 Å². The summed E-state index contributed by atoms with van der Waals surface area (Å²) in [5, 5.41) is 0. The van der Waals surface area contributed by atoms with E-state index in [-0.39, 0.29) is 11.8 Å². The summed E-state index contributed by atoms with van der Waals surface area (Å²) in [7, 11) is 0. The smallest absolute Gasteiger partial charge is 0.226 e. The van der Waals surface area contributed by atoms with Crippen LogP contribution in [0.4, 0.5) is 0 Å². The number of carbonyl (C=O) groups excluding carboxylic acids is 1. The Morgan fingerprint density at radius 2 is 2.41 bits per heavy atom. The molecule has 2 unspecified atom stereocenters. The van der Waals surface area contributed by atoms with Crippen LogP contribution in [-0.4, -0.2) is 17.4 Å². The maximum absolute atomic E-state index is 12.2. The Labute approximate surface area is 111 Å². The Morgan fingerprint density at radius 1 is 1.71 bits per heavy atom. The van der Waals surface area contributed by atoms with E-state index in [2.05, 4.69) is 13.5 Å². The molecule has 1 saturated carbocycles. The maximum atomic E-state index is 12.2. The first kappa shape index (κ1) is 12.7. The van der Waals surface area contributed by atoms with Crippen LogP contribution >= 0.6 is 22.9 Å². The highest BCUT2D eigenvalue weighted by atomic mass is 35.5. The number of thiophene rings is 1. The standard InChI is InChI=1S/C13H16ClNOS/c1-3-6-15(13(16)11-7-9(11)2)8-10-4-5-12(14)17-10/h3-5,9,11H,1,6-8H2,2H3. The molecule has 2 rings (SSSR count). The van der Waals surface area contributed by atoms with Gasteiger partial charge in [0.15, 0.2) is 0 Å². The molecule has 0 aliphatic heterocycles. The molecule has 2 atom stereocenters. The first-order valence-corrected chi connectivity index (χ1v) is 6.95. The van der Waals surface area contributed by atoms with Gasteiger partial charge in [-0.05, 0) is 24.5 Å². The number of amides is 1. The molecule has 1 aromatic rings. The summed E-state index contributed by atoms with van der Waals surface area (Å²) in [6, 6.07) is 3.85. The van der Waals surface area contributed by atoms with Crippen LogP contribution in [0.3, 0.4) is 0 Å². The second kappa shape index (κ2) is 5.23. The first-order chi connectivity index (χ1) is 8.11. The number of rotatable bonds is 5. The van der Waals surface area contributed by atoms with Gasteiger partial charge in [0, 0.05) is 17.3 Å². The van der Waals surface area contributed by atoms with Crippen molar-refractivity contribution in [1.82, 2.24) is 4.90 Å². The zero-order valence-electron chi connectivity index (χ0n) is 9.86. The lowest BCUT2D eigenvalue weighted by molar-refractivity contribution is -0.132. The van der Waals surface area contributed by atoms with Crippen LogP contribution in [0.5, 0.6) is 0 Å². The summed E-state index contributed by atoms with van der Waals surface area (Å²) in [5.41, 5.74) is 0. The molecular formula is C13H16ClNOS. The van der Waals surface area contributed by atoms with Gasteiger partial charge >= 0.3 is 0 Å². The van der Waals surface area contributed by atoms with Gasteiger partial charge in [-0.15, -0.1) is 17.9 Å². The van der Waals surface area contributed by atoms with Crippen LogP contribution in [0.15, 0.2) is 24.8 Å². The van der Waals surface area contributed by atoms with E-state index in [0.717, 1.165) is 15.6 Å². The molecule has 2 nitrogen and oxygen atoms in total. The molecule has 0 spiro atoms. The minimum atomic E-state index is 0.227. The molecule has 1 aromatic heterocycles. The number of carbonyl (C=O) groups is 1.